The van der Waals surface area contributed by atoms with E-state index in [0.717, 1.165) is 10.1 Å². The molecule has 0 atom stereocenters. The van der Waals surface area contributed by atoms with E-state index in [1.807, 2.05) is 19.1 Å². The van der Waals surface area contributed by atoms with Crippen LogP contribution in [0.2, 0.25) is 5.02 Å². The summed E-state index contributed by atoms with van der Waals surface area (Å²) in [5, 5.41) is 9.71. The first-order valence-corrected chi connectivity index (χ1v) is 9.68. The Morgan fingerprint density at radius 3 is 2.39 bits per heavy atom. The van der Waals surface area contributed by atoms with Crippen LogP contribution in [-0.4, -0.2) is 26.8 Å². The number of halogens is 4. The fraction of sp³-hybridized carbons (Fsp3) is 0.130. The summed E-state index contributed by atoms with van der Waals surface area (Å²) in [5.41, 5.74) is 3.03. The fourth-order valence-electron chi connectivity index (χ4n) is 3.56. The van der Waals surface area contributed by atoms with Gasteiger partial charge in [-0.25, -0.2) is 9.78 Å². The van der Waals surface area contributed by atoms with Crippen LogP contribution in [0.5, 0.6) is 0 Å². The molecule has 8 heteroatoms. The van der Waals surface area contributed by atoms with Crippen molar-refractivity contribution in [2.75, 3.05) is 0 Å². The molecule has 1 N–H and O–H groups in total. The van der Waals surface area contributed by atoms with Gasteiger partial charge in [0.15, 0.2) is 0 Å². The summed E-state index contributed by atoms with van der Waals surface area (Å²) >= 11 is 6.43. The Labute approximate surface area is 180 Å². The molecule has 3 aromatic carbocycles. The van der Waals surface area contributed by atoms with Gasteiger partial charge in [0.1, 0.15) is 12.4 Å². The number of carbonyl (C=O) groups is 1. The van der Waals surface area contributed by atoms with Gasteiger partial charge in [0.25, 0.3) is 0 Å². The van der Waals surface area contributed by atoms with Crippen molar-refractivity contribution < 1.29 is 23.1 Å². The molecule has 0 saturated heterocycles. The molecule has 0 amide bonds. The van der Waals surface area contributed by atoms with Crippen LogP contribution >= 0.6 is 11.6 Å². The first-order chi connectivity index (χ1) is 14.6. The van der Waals surface area contributed by atoms with Crippen molar-refractivity contribution in [3.63, 3.8) is 0 Å². The van der Waals surface area contributed by atoms with Crippen LogP contribution in [0.3, 0.4) is 0 Å². The van der Waals surface area contributed by atoms with E-state index in [2.05, 4.69) is 4.98 Å². The number of hydrogen-bond donors (Lipinski definition) is 1. The Bertz CT molecular complexity index is 1310. The minimum absolute atomic E-state index is 0.0504. The third-order valence-corrected chi connectivity index (χ3v) is 5.23. The quantitative estimate of drug-likeness (QED) is 0.386. The topological polar surface area (TPSA) is 55.1 Å². The number of benzene rings is 3. The third kappa shape index (κ3) is 4.14. The lowest BCUT2D eigenvalue weighted by atomic mass is 9.98. The number of alkyl halides is 3. The molecule has 31 heavy (non-hydrogen) atoms. The van der Waals surface area contributed by atoms with Gasteiger partial charge in [0, 0.05) is 16.1 Å². The van der Waals surface area contributed by atoms with Crippen LogP contribution in [0.4, 0.5) is 13.2 Å². The van der Waals surface area contributed by atoms with Crippen LogP contribution in [0, 0.1) is 6.92 Å². The number of carboxylic acids is 1. The second kappa shape index (κ2) is 7.74. The van der Waals surface area contributed by atoms with Crippen molar-refractivity contribution in [3.05, 3.63) is 76.8 Å². The molecule has 0 aliphatic carbocycles. The number of nitrogens with zero attached hydrogens (tertiary/aromatic N) is 2. The zero-order valence-corrected chi connectivity index (χ0v) is 17.0. The lowest BCUT2D eigenvalue weighted by molar-refractivity contribution is -0.139. The number of fused-ring (bicyclic) bond motifs is 1. The highest BCUT2D eigenvalue weighted by Gasteiger charge is 2.31. The number of aromatic carboxylic acids is 1. The standard InChI is InChI=1S/C23H16ClF3N2O2/c1-13-6-8-16(18(24)10-13)15-4-2-3-5-17(15)21-28-19-11-14(22(30)31)7-9-20(19)29(21)12-23(25,26)27/h2-11H,12H2,1H3,(H,30,31). The minimum Gasteiger partial charge on any atom is -0.478 e. The summed E-state index contributed by atoms with van der Waals surface area (Å²) < 4.78 is 41.3. The van der Waals surface area contributed by atoms with Crippen molar-refractivity contribution in [1.82, 2.24) is 9.55 Å². The number of aryl methyl sites for hydroxylation is 1. The lowest BCUT2D eigenvalue weighted by Gasteiger charge is -2.15. The molecule has 0 unspecified atom stereocenters. The van der Waals surface area contributed by atoms with Crippen LogP contribution in [-0.2, 0) is 6.54 Å². The molecule has 4 nitrogen and oxygen atoms in total. The number of carboxylic acid groups (broad SMARTS) is 1. The van der Waals surface area contributed by atoms with Gasteiger partial charge in [-0.1, -0.05) is 48.0 Å². The maximum absolute atomic E-state index is 13.4. The normalized spacial score (nSPS) is 11.8. The molecule has 1 aromatic heterocycles. The number of hydrogen-bond acceptors (Lipinski definition) is 2. The molecule has 0 aliphatic rings. The van der Waals surface area contributed by atoms with Gasteiger partial charge in [-0.15, -0.1) is 0 Å². The van der Waals surface area contributed by atoms with Gasteiger partial charge < -0.3 is 9.67 Å². The Kier molecular flexibility index (Phi) is 5.23. The SMILES string of the molecule is Cc1ccc(-c2ccccc2-c2nc3cc(C(=O)O)ccc3n2CC(F)(F)F)c(Cl)c1. The predicted octanol–water partition coefficient (Wildman–Crippen LogP) is 6.59. The number of aromatic nitrogens is 2. The van der Waals surface area contributed by atoms with E-state index < -0.39 is 18.7 Å². The summed E-state index contributed by atoms with van der Waals surface area (Å²) in [6.45, 7) is 0.631. The molecule has 0 aliphatic heterocycles. The van der Waals surface area contributed by atoms with Crippen LogP contribution < -0.4 is 0 Å². The first-order valence-electron chi connectivity index (χ1n) is 9.30. The van der Waals surface area contributed by atoms with Gasteiger partial charge in [-0.2, -0.15) is 13.2 Å². The summed E-state index contributed by atoms with van der Waals surface area (Å²) in [6.07, 6.45) is -4.50. The molecule has 158 valence electrons. The van der Waals surface area contributed by atoms with E-state index in [9.17, 15) is 23.1 Å². The average molecular weight is 445 g/mol. The maximum Gasteiger partial charge on any atom is 0.406 e. The van der Waals surface area contributed by atoms with Gasteiger partial charge in [0.05, 0.1) is 16.6 Å². The van der Waals surface area contributed by atoms with E-state index >= 15 is 0 Å². The molecule has 0 radical (unpaired) electrons. The largest absolute Gasteiger partial charge is 0.478 e. The Morgan fingerprint density at radius 1 is 1.03 bits per heavy atom. The molecule has 1 heterocycles. The van der Waals surface area contributed by atoms with Gasteiger partial charge in [-0.3, -0.25) is 0 Å². The van der Waals surface area contributed by atoms with Crippen molar-refractivity contribution in [2.45, 2.75) is 19.6 Å². The number of imidazole rings is 1. The lowest BCUT2D eigenvalue weighted by Crippen LogP contribution is -2.18. The third-order valence-electron chi connectivity index (χ3n) is 4.92. The van der Waals surface area contributed by atoms with Crippen molar-refractivity contribution >= 4 is 28.6 Å². The molecular weight excluding hydrogens is 429 g/mol. The average Bonchev–Trinajstić information content (AvgIpc) is 3.04. The highest BCUT2D eigenvalue weighted by molar-refractivity contribution is 6.33. The molecule has 4 aromatic rings. The number of rotatable bonds is 4. The van der Waals surface area contributed by atoms with Gasteiger partial charge in [0.2, 0.25) is 0 Å². The monoisotopic (exact) mass is 444 g/mol. The van der Waals surface area contributed by atoms with E-state index in [1.54, 1.807) is 30.3 Å². The van der Waals surface area contributed by atoms with Crippen LogP contribution in [0.15, 0.2) is 60.7 Å². The highest BCUT2D eigenvalue weighted by Crippen LogP contribution is 2.38. The smallest absolute Gasteiger partial charge is 0.406 e. The Morgan fingerprint density at radius 2 is 1.74 bits per heavy atom. The van der Waals surface area contributed by atoms with E-state index in [-0.39, 0.29) is 22.4 Å². The summed E-state index contributed by atoms with van der Waals surface area (Å²) in [6, 6.07) is 16.3. The second-order valence-electron chi connectivity index (χ2n) is 7.17. The Balaban J connectivity index is 2.00. The molecule has 0 spiro atoms. The second-order valence-corrected chi connectivity index (χ2v) is 7.58. The minimum atomic E-state index is -4.50. The van der Waals surface area contributed by atoms with Gasteiger partial charge in [-0.05, 0) is 42.3 Å². The van der Waals surface area contributed by atoms with E-state index in [0.29, 0.717) is 21.7 Å². The van der Waals surface area contributed by atoms with Crippen molar-refractivity contribution in [1.29, 1.82) is 0 Å². The van der Waals surface area contributed by atoms with Crippen molar-refractivity contribution in [3.8, 4) is 22.5 Å². The fourth-order valence-corrected chi connectivity index (χ4v) is 3.90. The molecule has 0 fully saturated rings. The maximum atomic E-state index is 13.4. The molecule has 4 rings (SSSR count). The van der Waals surface area contributed by atoms with Crippen LogP contribution in [0.1, 0.15) is 15.9 Å². The molecule has 0 saturated carbocycles. The van der Waals surface area contributed by atoms with Gasteiger partial charge >= 0.3 is 12.1 Å². The Hall–Kier alpha value is -3.32. The van der Waals surface area contributed by atoms with E-state index in [4.69, 9.17) is 11.6 Å². The summed E-state index contributed by atoms with van der Waals surface area (Å²) in [5.74, 6) is -1.09. The summed E-state index contributed by atoms with van der Waals surface area (Å²) in [7, 11) is 0. The summed E-state index contributed by atoms with van der Waals surface area (Å²) in [4.78, 5) is 15.7. The van der Waals surface area contributed by atoms with Crippen molar-refractivity contribution in [2.24, 2.45) is 0 Å². The zero-order chi connectivity index (χ0) is 22.3. The predicted molar refractivity (Wildman–Crippen MR) is 113 cm³/mol. The highest BCUT2D eigenvalue weighted by atomic mass is 35.5. The molecular formula is C23H16ClF3N2O2. The zero-order valence-electron chi connectivity index (χ0n) is 16.2. The molecule has 0 bridgehead atoms. The van der Waals surface area contributed by atoms with E-state index in [1.165, 1.54) is 18.2 Å². The van der Waals surface area contributed by atoms with Crippen LogP contribution in [0.25, 0.3) is 33.5 Å². The first kappa shape index (κ1) is 20.9.